The maximum Gasteiger partial charge on any atom is 0.199 e. The Hall–Kier alpha value is -2.37. The number of hydrogen-bond donors (Lipinski definition) is 2. The summed E-state index contributed by atoms with van der Waals surface area (Å²) in [5, 5.41) is 22.7. The molecular formula is C27H29ClO4. The summed E-state index contributed by atoms with van der Waals surface area (Å²) < 4.78 is 11.7. The van der Waals surface area contributed by atoms with Gasteiger partial charge < -0.3 is 19.7 Å². The molecule has 1 heterocycles. The number of rotatable bonds is 8. The van der Waals surface area contributed by atoms with Crippen LogP contribution in [-0.4, -0.2) is 29.7 Å². The van der Waals surface area contributed by atoms with E-state index in [0.717, 1.165) is 37.0 Å². The number of ether oxygens (including phenoxy) is 2. The molecular weight excluding hydrogens is 424 g/mol. The Kier molecular flexibility index (Phi) is 7.48. The lowest BCUT2D eigenvalue weighted by Gasteiger charge is -2.38. The fourth-order valence-corrected chi connectivity index (χ4v) is 4.57. The number of aliphatic hydroxyl groups is 2. The number of aliphatic hydroxyl groups excluding tert-OH is 1. The second-order valence-electron chi connectivity index (χ2n) is 8.19. The molecule has 1 fully saturated rings. The van der Waals surface area contributed by atoms with Crippen LogP contribution in [0.1, 0.15) is 48.3 Å². The van der Waals surface area contributed by atoms with Gasteiger partial charge in [0.15, 0.2) is 6.29 Å². The molecule has 0 saturated carbocycles. The molecule has 4 rings (SSSR count). The highest BCUT2D eigenvalue weighted by Gasteiger charge is 2.41. The molecule has 1 aliphatic rings. The minimum Gasteiger partial charge on any atom is -0.465 e. The Morgan fingerprint density at radius 1 is 0.938 bits per heavy atom. The molecule has 3 unspecified atom stereocenters. The molecule has 3 aromatic carbocycles. The first kappa shape index (κ1) is 22.8. The highest BCUT2D eigenvalue weighted by Crippen LogP contribution is 2.45. The lowest BCUT2D eigenvalue weighted by Crippen LogP contribution is -2.35. The topological polar surface area (TPSA) is 58.9 Å². The number of hydrogen-bond acceptors (Lipinski definition) is 4. The molecule has 0 bridgehead atoms. The molecule has 3 aromatic rings. The molecule has 3 atom stereocenters. The summed E-state index contributed by atoms with van der Waals surface area (Å²) in [6.07, 6.45) is 3.22. The standard InChI is InChI=1S/C27H29ClO4/c28-23-13-9-21(10-14-23)27(30,25(17-18-29)20-6-2-1-3-7-20)22-11-15-24(16-12-22)32-26-8-4-5-19-31-26/h1-3,6-7,9-16,25-26,29-30H,4-5,8,17-19H2. The van der Waals surface area contributed by atoms with Gasteiger partial charge in [-0.3, -0.25) is 0 Å². The van der Waals surface area contributed by atoms with Crippen molar-refractivity contribution in [3.8, 4) is 5.75 Å². The zero-order valence-corrected chi connectivity index (χ0v) is 18.7. The molecule has 0 aromatic heterocycles. The van der Waals surface area contributed by atoms with Crippen LogP contribution < -0.4 is 4.74 Å². The minimum absolute atomic E-state index is 0.0460. The summed E-state index contributed by atoms with van der Waals surface area (Å²) >= 11 is 6.13. The Labute approximate surface area is 194 Å². The van der Waals surface area contributed by atoms with Crippen molar-refractivity contribution in [2.75, 3.05) is 13.2 Å². The molecule has 0 spiro atoms. The van der Waals surface area contributed by atoms with Crippen molar-refractivity contribution in [2.45, 2.75) is 43.5 Å². The third kappa shape index (κ3) is 5.00. The van der Waals surface area contributed by atoms with Crippen LogP contribution in [-0.2, 0) is 10.3 Å². The quantitative estimate of drug-likeness (QED) is 0.463. The molecule has 2 N–H and O–H groups in total. The van der Waals surface area contributed by atoms with Crippen LogP contribution in [0.4, 0.5) is 0 Å². The zero-order valence-electron chi connectivity index (χ0n) is 18.0. The van der Waals surface area contributed by atoms with E-state index in [9.17, 15) is 10.2 Å². The molecule has 0 radical (unpaired) electrons. The number of halogens is 1. The lowest BCUT2D eigenvalue weighted by molar-refractivity contribution is -0.105. The average molecular weight is 453 g/mol. The van der Waals surface area contributed by atoms with Gasteiger partial charge in [0.05, 0.1) is 6.61 Å². The molecule has 4 nitrogen and oxygen atoms in total. The minimum atomic E-state index is -1.37. The van der Waals surface area contributed by atoms with Gasteiger partial charge in [0.25, 0.3) is 0 Å². The maximum absolute atomic E-state index is 12.3. The molecule has 1 aliphatic heterocycles. The van der Waals surface area contributed by atoms with E-state index in [1.807, 2.05) is 66.7 Å². The first-order valence-corrected chi connectivity index (χ1v) is 11.5. The second-order valence-corrected chi connectivity index (χ2v) is 8.62. The average Bonchev–Trinajstić information content (AvgIpc) is 2.84. The van der Waals surface area contributed by atoms with Crippen molar-refractivity contribution in [1.29, 1.82) is 0 Å². The van der Waals surface area contributed by atoms with Crippen LogP contribution in [0.2, 0.25) is 5.02 Å². The van der Waals surface area contributed by atoms with Crippen LogP contribution in [0.25, 0.3) is 0 Å². The van der Waals surface area contributed by atoms with E-state index in [4.69, 9.17) is 21.1 Å². The summed E-state index contributed by atoms with van der Waals surface area (Å²) in [7, 11) is 0. The van der Waals surface area contributed by atoms with Crippen LogP contribution in [0.3, 0.4) is 0 Å². The largest absolute Gasteiger partial charge is 0.465 e. The van der Waals surface area contributed by atoms with Gasteiger partial charge in [0, 0.05) is 24.0 Å². The first-order chi connectivity index (χ1) is 15.6. The molecule has 32 heavy (non-hydrogen) atoms. The van der Waals surface area contributed by atoms with Crippen molar-refractivity contribution in [1.82, 2.24) is 0 Å². The molecule has 1 saturated heterocycles. The maximum atomic E-state index is 12.3. The SMILES string of the molecule is OCCC(c1ccccc1)C(O)(c1ccc(Cl)cc1)c1ccc(OC2CCCCO2)cc1. The fourth-order valence-electron chi connectivity index (χ4n) is 4.45. The summed E-state index contributed by atoms with van der Waals surface area (Å²) in [6.45, 7) is 0.675. The van der Waals surface area contributed by atoms with Crippen LogP contribution in [0.15, 0.2) is 78.9 Å². The van der Waals surface area contributed by atoms with Gasteiger partial charge in [-0.05, 0) is 60.2 Å². The van der Waals surface area contributed by atoms with E-state index >= 15 is 0 Å². The predicted octanol–water partition coefficient (Wildman–Crippen LogP) is 5.65. The van der Waals surface area contributed by atoms with E-state index in [0.29, 0.717) is 22.8 Å². The summed E-state index contributed by atoms with van der Waals surface area (Å²) in [5.41, 5.74) is 1.02. The Morgan fingerprint density at radius 3 is 2.19 bits per heavy atom. The highest BCUT2D eigenvalue weighted by molar-refractivity contribution is 6.30. The highest BCUT2D eigenvalue weighted by atomic mass is 35.5. The Bertz CT molecular complexity index is 969. The van der Waals surface area contributed by atoms with Gasteiger partial charge in [-0.1, -0.05) is 66.2 Å². The third-order valence-corrected chi connectivity index (χ3v) is 6.36. The second kappa shape index (κ2) is 10.5. The van der Waals surface area contributed by atoms with Crippen LogP contribution in [0, 0.1) is 0 Å². The normalized spacial score (nSPS) is 19.2. The first-order valence-electron chi connectivity index (χ1n) is 11.1. The molecule has 168 valence electrons. The van der Waals surface area contributed by atoms with Gasteiger partial charge in [0.2, 0.25) is 0 Å². The van der Waals surface area contributed by atoms with Gasteiger partial charge >= 0.3 is 0 Å². The van der Waals surface area contributed by atoms with Crippen molar-refractivity contribution in [3.63, 3.8) is 0 Å². The summed E-state index contributed by atoms with van der Waals surface area (Å²) in [6, 6.07) is 24.6. The Balaban J connectivity index is 1.72. The summed E-state index contributed by atoms with van der Waals surface area (Å²) in [5.74, 6) is 0.348. The van der Waals surface area contributed by atoms with Gasteiger partial charge in [0.1, 0.15) is 11.4 Å². The van der Waals surface area contributed by atoms with Crippen molar-refractivity contribution >= 4 is 11.6 Å². The number of benzene rings is 3. The van der Waals surface area contributed by atoms with Gasteiger partial charge in [-0.15, -0.1) is 0 Å². The smallest absolute Gasteiger partial charge is 0.199 e. The van der Waals surface area contributed by atoms with Crippen molar-refractivity contribution in [3.05, 3.63) is 101 Å². The van der Waals surface area contributed by atoms with Crippen molar-refractivity contribution < 1.29 is 19.7 Å². The monoisotopic (exact) mass is 452 g/mol. The molecule has 0 aliphatic carbocycles. The zero-order chi connectivity index (χ0) is 22.4. The van der Waals surface area contributed by atoms with Crippen LogP contribution >= 0.6 is 11.6 Å². The van der Waals surface area contributed by atoms with E-state index in [-0.39, 0.29) is 18.8 Å². The van der Waals surface area contributed by atoms with Crippen molar-refractivity contribution in [2.24, 2.45) is 0 Å². The van der Waals surface area contributed by atoms with Gasteiger partial charge in [-0.2, -0.15) is 0 Å². The van der Waals surface area contributed by atoms with E-state index in [1.165, 1.54) is 0 Å². The van der Waals surface area contributed by atoms with Crippen LogP contribution in [0.5, 0.6) is 5.75 Å². The van der Waals surface area contributed by atoms with E-state index in [1.54, 1.807) is 12.1 Å². The Morgan fingerprint density at radius 2 is 1.59 bits per heavy atom. The van der Waals surface area contributed by atoms with E-state index < -0.39 is 5.60 Å². The molecule has 5 heteroatoms. The lowest BCUT2D eigenvalue weighted by atomic mass is 9.71. The van der Waals surface area contributed by atoms with Gasteiger partial charge in [-0.25, -0.2) is 0 Å². The van der Waals surface area contributed by atoms with E-state index in [2.05, 4.69) is 0 Å². The third-order valence-electron chi connectivity index (χ3n) is 6.11. The predicted molar refractivity (Wildman–Crippen MR) is 126 cm³/mol. The summed E-state index contributed by atoms with van der Waals surface area (Å²) in [4.78, 5) is 0. The fraction of sp³-hybridized carbons (Fsp3) is 0.333. The molecule has 0 amide bonds.